The molecule has 4 fully saturated rings. The number of amides is 1. The van der Waals surface area contributed by atoms with Crippen molar-refractivity contribution in [1.29, 1.82) is 0 Å². The number of H-pyrrole nitrogens is 1. The van der Waals surface area contributed by atoms with Gasteiger partial charge in [0.15, 0.2) is 0 Å². The van der Waals surface area contributed by atoms with Gasteiger partial charge < -0.3 is 24.7 Å². The second-order valence-electron chi connectivity index (χ2n) is 17.7. The Morgan fingerprint density at radius 1 is 0.984 bits per heavy atom. The minimum Gasteiger partial charge on any atom is -0.455 e. The van der Waals surface area contributed by atoms with Crippen LogP contribution in [-0.2, 0) is 14.8 Å². The molecule has 5 heterocycles. The van der Waals surface area contributed by atoms with Crippen LogP contribution in [0.5, 0.6) is 11.5 Å². The van der Waals surface area contributed by atoms with Crippen molar-refractivity contribution in [2.24, 2.45) is 11.3 Å². The van der Waals surface area contributed by atoms with Crippen molar-refractivity contribution in [1.82, 2.24) is 19.6 Å². The molecule has 0 radical (unpaired) electrons. The van der Waals surface area contributed by atoms with E-state index in [1.165, 1.54) is 61.8 Å². The second kappa shape index (κ2) is 17.7. The number of aromatic amines is 1. The van der Waals surface area contributed by atoms with E-state index in [1.807, 2.05) is 12.1 Å². The van der Waals surface area contributed by atoms with Gasteiger partial charge in [-0.15, -0.1) is 0 Å². The monoisotopic (exact) mass is 861 g/mol. The lowest BCUT2D eigenvalue weighted by molar-refractivity contribution is -0.384. The summed E-state index contributed by atoms with van der Waals surface area (Å²) in [7, 11) is -4.54. The Morgan fingerprint density at radius 3 is 2.58 bits per heavy atom. The smallest absolute Gasteiger partial charge is 0.293 e. The number of hydrogen-bond donors (Lipinski definition) is 3. The molecule has 3 N–H and O–H groups in total. The lowest BCUT2D eigenvalue weighted by Crippen LogP contribution is -2.55. The largest absolute Gasteiger partial charge is 0.455 e. The third-order valence-electron chi connectivity index (χ3n) is 13.8. The SMILES string of the molecule is Cc1ccccc1C1CCCCCN1C1CC2(CCN(c3ccc(C(=O)NS(=O)(=O)c4ccc(NCC5CCOCC5)c([N+](=O)[O-])c4)c(Oc4cnc5[nH]ccc5c4)c3)CC2)C1. The van der Waals surface area contributed by atoms with E-state index < -0.39 is 31.4 Å². The average Bonchev–Trinajstić information content (AvgIpc) is 3.61. The number of aromatic nitrogens is 2. The summed E-state index contributed by atoms with van der Waals surface area (Å²) in [5.41, 5.74) is 4.51. The van der Waals surface area contributed by atoms with Gasteiger partial charge in [-0.25, -0.2) is 18.1 Å². The number of nitrogens with one attached hydrogen (secondary N) is 3. The number of likely N-dealkylation sites (tertiary alicyclic amines) is 1. The Hall–Kier alpha value is -5.51. The molecule has 2 aromatic heterocycles. The summed E-state index contributed by atoms with van der Waals surface area (Å²) in [6.45, 7) is 6.86. The number of nitro groups is 1. The number of nitrogens with zero attached hydrogens (tertiary/aromatic N) is 4. The molecule has 5 aromatic rings. The van der Waals surface area contributed by atoms with Crippen molar-refractivity contribution in [2.45, 2.75) is 88.1 Å². The molecule has 1 saturated carbocycles. The molecule has 14 nitrogen and oxygen atoms in total. The molecule has 9 rings (SSSR count). The van der Waals surface area contributed by atoms with Crippen LogP contribution >= 0.6 is 0 Å². The molecule has 3 aliphatic heterocycles. The third-order valence-corrected chi connectivity index (χ3v) is 15.1. The van der Waals surface area contributed by atoms with Crippen LogP contribution in [-0.4, -0.2) is 79.6 Å². The standard InChI is InChI=1S/C47H55N7O7S/c1-32-7-4-5-8-39(32)42-9-3-2-6-20-53(42)36-28-47(29-36)17-21-52(22-18-47)35-10-12-40(44(26-35)61-37-25-34-14-19-48-45(34)50-31-37)46(55)51-62(58,59)38-11-13-41(43(27-38)54(56)57)49-30-33-15-23-60-24-16-33/h4-5,7-8,10-14,19,25-27,31,33,36,42,49H,2-3,6,9,15-18,20-24,28-30H2,1H3,(H,48,50)(H,51,55). The van der Waals surface area contributed by atoms with E-state index in [4.69, 9.17) is 9.47 Å². The first kappa shape index (κ1) is 41.8. The minimum absolute atomic E-state index is 0.00768. The van der Waals surface area contributed by atoms with E-state index in [0.717, 1.165) is 62.5 Å². The number of ether oxygens (including phenoxy) is 2. The van der Waals surface area contributed by atoms with Gasteiger partial charge in [0.05, 0.1) is 21.6 Å². The fourth-order valence-electron chi connectivity index (χ4n) is 10.2. The molecule has 0 bridgehead atoms. The van der Waals surface area contributed by atoms with Crippen molar-refractivity contribution in [3.8, 4) is 11.5 Å². The summed E-state index contributed by atoms with van der Waals surface area (Å²) in [5, 5.41) is 16.0. The highest BCUT2D eigenvalue weighted by atomic mass is 32.2. The number of rotatable bonds is 12. The number of fused-ring (bicyclic) bond motifs is 1. The summed E-state index contributed by atoms with van der Waals surface area (Å²) in [6.07, 6.45) is 14.6. The first-order valence-corrected chi connectivity index (χ1v) is 23.5. The summed E-state index contributed by atoms with van der Waals surface area (Å²) < 4.78 is 41.3. The average molecular weight is 862 g/mol. The van der Waals surface area contributed by atoms with Crippen molar-refractivity contribution < 1.29 is 27.6 Å². The topological polar surface area (TPSA) is 172 Å². The molecule has 1 spiro atoms. The second-order valence-corrected chi connectivity index (χ2v) is 19.4. The van der Waals surface area contributed by atoms with Crippen LogP contribution in [0.4, 0.5) is 17.1 Å². The molecular formula is C47H55N7O7S. The number of carbonyl (C=O) groups is 1. The fourth-order valence-corrected chi connectivity index (χ4v) is 11.2. The summed E-state index contributed by atoms with van der Waals surface area (Å²) in [4.78, 5) is 37.6. The van der Waals surface area contributed by atoms with E-state index in [2.05, 4.69) is 61.0 Å². The van der Waals surface area contributed by atoms with Crippen LogP contribution in [0.25, 0.3) is 11.0 Å². The van der Waals surface area contributed by atoms with Crippen molar-refractivity contribution in [2.75, 3.05) is 49.6 Å². The van der Waals surface area contributed by atoms with Gasteiger partial charge >= 0.3 is 0 Å². The number of pyridine rings is 1. The lowest BCUT2D eigenvalue weighted by atomic mass is 9.59. The van der Waals surface area contributed by atoms with Gasteiger partial charge in [-0.3, -0.25) is 19.8 Å². The first-order chi connectivity index (χ1) is 30.0. The summed E-state index contributed by atoms with van der Waals surface area (Å²) in [6, 6.07) is 22.4. The van der Waals surface area contributed by atoms with Crippen molar-refractivity contribution in [3.63, 3.8) is 0 Å². The van der Waals surface area contributed by atoms with Crippen LogP contribution in [0.2, 0.25) is 0 Å². The molecule has 3 saturated heterocycles. The van der Waals surface area contributed by atoms with Gasteiger partial charge in [-0.2, -0.15) is 0 Å². The predicted molar refractivity (Wildman–Crippen MR) is 238 cm³/mol. The molecular weight excluding hydrogens is 807 g/mol. The molecule has 4 aliphatic rings. The van der Waals surface area contributed by atoms with Gasteiger partial charge in [0, 0.05) is 74.3 Å². The molecule has 326 valence electrons. The number of piperidine rings is 1. The van der Waals surface area contributed by atoms with Crippen LogP contribution < -0.4 is 19.7 Å². The summed E-state index contributed by atoms with van der Waals surface area (Å²) in [5.74, 6) is -0.106. The number of benzene rings is 3. The maximum atomic E-state index is 13.9. The minimum atomic E-state index is -4.54. The highest BCUT2D eigenvalue weighted by molar-refractivity contribution is 7.90. The first-order valence-electron chi connectivity index (χ1n) is 22.0. The van der Waals surface area contributed by atoms with Gasteiger partial charge in [0.25, 0.3) is 21.6 Å². The number of anilines is 2. The van der Waals surface area contributed by atoms with Crippen molar-refractivity contribution in [3.05, 3.63) is 112 Å². The highest BCUT2D eigenvalue weighted by Crippen LogP contribution is 2.53. The van der Waals surface area contributed by atoms with Gasteiger partial charge in [0.1, 0.15) is 22.8 Å². The van der Waals surface area contributed by atoms with Crippen LogP contribution in [0.3, 0.4) is 0 Å². The zero-order chi connectivity index (χ0) is 42.8. The maximum Gasteiger partial charge on any atom is 0.293 e. The number of nitro benzene ring substituents is 1. The van der Waals surface area contributed by atoms with E-state index >= 15 is 0 Å². The number of sulfonamides is 1. The van der Waals surface area contributed by atoms with Crippen LogP contribution in [0.15, 0.2) is 90.1 Å². The molecule has 1 unspecified atom stereocenters. The number of aryl methyl sites for hydroxylation is 1. The maximum absolute atomic E-state index is 13.9. The molecule has 1 atom stereocenters. The number of carbonyl (C=O) groups excluding carboxylic acids is 1. The normalized spacial score (nSPS) is 20.1. The predicted octanol–water partition coefficient (Wildman–Crippen LogP) is 8.90. The van der Waals surface area contributed by atoms with E-state index in [-0.39, 0.29) is 22.9 Å². The Balaban J connectivity index is 0.909. The zero-order valence-electron chi connectivity index (χ0n) is 35.2. The number of hydrogen-bond acceptors (Lipinski definition) is 11. The highest BCUT2D eigenvalue weighted by Gasteiger charge is 2.49. The van der Waals surface area contributed by atoms with E-state index in [1.54, 1.807) is 30.6 Å². The van der Waals surface area contributed by atoms with E-state index in [9.17, 15) is 23.3 Å². The van der Waals surface area contributed by atoms with Crippen molar-refractivity contribution >= 4 is 44.0 Å². The van der Waals surface area contributed by atoms with Gasteiger partial charge in [0.2, 0.25) is 0 Å². The Kier molecular flexibility index (Phi) is 11.9. The Morgan fingerprint density at radius 2 is 1.79 bits per heavy atom. The molecule has 1 amide bonds. The molecule has 15 heteroatoms. The Bertz CT molecular complexity index is 2540. The summed E-state index contributed by atoms with van der Waals surface area (Å²) >= 11 is 0. The quantitative estimate of drug-likeness (QED) is 0.0808. The zero-order valence-corrected chi connectivity index (χ0v) is 36.0. The lowest BCUT2D eigenvalue weighted by Gasteiger charge is -2.57. The molecule has 3 aromatic carbocycles. The fraction of sp³-hybridized carbons (Fsp3) is 0.447. The van der Waals surface area contributed by atoms with Crippen LogP contribution in [0.1, 0.15) is 91.7 Å². The van der Waals surface area contributed by atoms with Crippen LogP contribution in [0, 0.1) is 28.4 Å². The molecule has 1 aliphatic carbocycles. The van der Waals surface area contributed by atoms with Gasteiger partial charge in [-0.05, 0) is 124 Å². The molecule has 62 heavy (non-hydrogen) atoms. The van der Waals surface area contributed by atoms with E-state index in [0.29, 0.717) is 48.7 Å². The Labute approximate surface area is 362 Å². The van der Waals surface area contributed by atoms with Gasteiger partial charge in [-0.1, -0.05) is 37.1 Å². The third kappa shape index (κ3) is 8.88.